The third kappa shape index (κ3) is 5.21. The van der Waals surface area contributed by atoms with Crippen LogP contribution in [0, 0.1) is 6.92 Å². The number of anilines is 1. The lowest BCUT2D eigenvalue weighted by molar-refractivity contribution is -0.133. The number of carbonyl (C=O) groups is 2. The molecule has 0 aromatic heterocycles. The maximum atomic E-state index is 12.2. The molecule has 2 amide bonds. The maximum absolute atomic E-state index is 12.2. The van der Waals surface area contributed by atoms with E-state index in [4.69, 9.17) is 0 Å². The zero-order valence-electron chi connectivity index (χ0n) is 13.2. The molecule has 0 radical (unpaired) electrons. The summed E-state index contributed by atoms with van der Waals surface area (Å²) in [6, 6.07) is 15.2. The van der Waals surface area contributed by atoms with E-state index in [0.29, 0.717) is 12.2 Å². The van der Waals surface area contributed by atoms with Gasteiger partial charge in [0.15, 0.2) is 0 Å². The van der Waals surface area contributed by atoms with Crippen molar-refractivity contribution in [1.29, 1.82) is 0 Å². The van der Waals surface area contributed by atoms with E-state index in [0.717, 1.165) is 15.6 Å². The molecular weight excluding hydrogens is 356 g/mol. The van der Waals surface area contributed by atoms with Gasteiger partial charge in [0.1, 0.15) is 6.54 Å². The first-order chi connectivity index (χ1) is 11.0. The van der Waals surface area contributed by atoms with Gasteiger partial charge in [-0.3, -0.25) is 9.59 Å². The van der Waals surface area contributed by atoms with E-state index in [-0.39, 0.29) is 18.4 Å². The second-order valence-electron chi connectivity index (χ2n) is 5.37. The average molecular weight is 375 g/mol. The third-order valence-electron chi connectivity index (χ3n) is 3.45. The molecule has 0 spiro atoms. The first kappa shape index (κ1) is 17.2. The lowest BCUT2D eigenvalue weighted by atomic mass is 10.2. The van der Waals surface area contributed by atoms with E-state index in [1.165, 1.54) is 11.8 Å². The number of rotatable bonds is 5. The molecule has 23 heavy (non-hydrogen) atoms. The Labute approximate surface area is 144 Å². The van der Waals surface area contributed by atoms with Gasteiger partial charge in [-0.2, -0.15) is 0 Å². The van der Waals surface area contributed by atoms with Crippen molar-refractivity contribution >= 4 is 33.4 Å². The minimum atomic E-state index is -0.216. The summed E-state index contributed by atoms with van der Waals surface area (Å²) in [4.78, 5) is 25.5. The van der Waals surface area contributed by atoms with Gasteiger partial charge < -0.3 is 10.2 Å². The lowest BCUT2D eigenvalue weighted by Crippen LogP contribution is -2.36. The molecule has 0 unspecified atom stereocenters. The highest BCUT2D eigenvalue weighted by molar-refractivity contribution is 9.10. The molecule has 2 rings (SSSR count). The monoisotopic (exact) mass is 374 g/mol. The van der Waals surface area contributed by atoms with Gasteiger partial charge in [-0.15, -0.1) is 0 Å². The van der Waals surface area contributed by atoms with Crippen molar-refractivity contribution in [3.8, 4) is 0 Å². The summed E-state index contributed by atoms with van der Waals surface area (Å²) in [5, 5.41) is 2.82. The zero-order valence-corrected chi connectivity index (χ0v) is 14.8. The second kappa shape index (κ2) is 7.92. The van der Waals surface area contributed by atoms with Crippen molar-refractivity contribution in [2.75, 3.05) is 11.9 Å². The molecule has 0 heterocycles. The molecule has 5 heteroatoms. The number of aryl methyl sites for hydroxylation is 1. The number of hydrogen-bond acceptors (Lipinski definition) is 2. The van der Waals surface area contributed by atoms with Gasteiger partial charge in [-0.1, -0.05) is 52.3 Å². The summed E-state index contributed by atoms with van der Waals surface area (Å²) in [6.45, 7) is 3.89. The number of benzene rings is 2. The predicted molar refractivity (Wildman–Crippen MR) is 95.0 cm³/mol. The first-order valence-corrected chi connectivity index (χ1v) is 8.10. The van der Waals surface area contributed by atoms with E-state index in [1.807, 2.05) is 55.5 Å². The van der Waals surface area contributed by atoms with Crippen molar-refractivity contribution in [2.45, 2.75) is 20.4 Å². The molecule has 0 saturated carbocycles. The van der Waals surface area contributed by atoms with Gasteiger partial charge >= 0.3 is 0 Å². The predicted octanol–water partition coefficient (Wildman–Crippen LogP) is 3.74. The van der Waals surface area contributed by atoms with Crippen LogP contribution in [-0.4, -0.2) is 23.3 Å². The van der Waals surface area contributed by atoms with Crippen LogP contribution < -0.4 is 5.32 Å². The van der Waals surface area contributed by atoms with Crippen molar-refractivity contribution in [3.63, 3.8) is 0 Å². The van der Waals surface area contributed by atoms with E-state index < -0.39 is 0 Å². The number of amides is 2. The van der Waals surface area contributed by atoms with E-state index in [9.17, 15) is 9.59 Å². The molecule has 120 valence electrons. The van der Waals surface area contributed by atoms with Crippen molar-refractivity contribution in [2.24, 2.45) is 0 Å². The van der Waals surface area contributed by atoms with Crippen LogP contribution in [0.3, 0.4) is 0 Å². The highest BCUT2D eigenvalue weighted by Crippen LogP contribution is 2.20. The van der Waals surface area contributed by atoms with Crippen LogP contribution in [0.2, 0.25) is 0 Å². The van der Waals surface area contributed by atoms with Crippen molar-refractivity contribution < 1.29 is 9.59 Å². The second-order valence-corrected chi connectivity index (χ2v) is 6.23. The number of carbonyl (C=O) groups excluding carboxylic acids is 2. The summed E-state index contributed by atoms with van der Waals surface area (Å²) < 4.78 is 0.933. The molecular formula is C18H19BrN2O2. The fourth-order valence-electron chi connectivity index (χ4n) is 2.13. The molecule has 4 nitrogen and oxygen atoms in total. The average Bonchev–Trinajstić information content (AvgIpc) is 2.51. The van der Waals surface area contributed by atoms with Crippen LogP contribution in [0.1, 0.15) is 18.1 Å². The number of nitrogens with zero attached hydrogens (tertiary/aromatic N) is 1. The fraction of sp³-hybridized carbons (Fsp3) is 0.222. The van der Waals surface area contributed by atoms with Crippen molar-refractivity contribution in [3.05, 3.63) is 64.1 Å². The molecule has 0 saturated heterocycles. The maximum Gasteiger partial charge on any atom is 0.244 e. The standard InChI is InChI=1S/C18H19BrN2O2/c1-13-8-9-16(10-17(13)19)20-18(23)12-21(14(2)22)11-15-6-4-3-5-7-15/h3-10H,11-12H2,1-2H3,(H,20,23). The first-order valence-electron chi connectivity index (χ1n) is 7.31. The lowest BCUT2D eigenvalue weighted by Gasteiger charge is -2.20. The Balaban J connectivity index is 2.00. The van der Waals surface area contributed by atoms with Crippen LogP contribution in [0.15, 0.2) is 53.0 Å². The Morgan fingerprint density at radius 2 is 1.83 bits per heavy atom. The molecule has 0 bridgehead atoms. The van der Waals surface area contributed by atoms with Crippen LogP contribution >= 0.6 is 15.9 Å². The van der Waals surface area contributed by atoms with Gasteiger partial charge in [0.2, 0.25) is 11.8 Å². The molecule has 0 atom stereocenters. The molecule has 0 aliphatic carbocycles. The highest BCUT2D eigenvalue weighted by Gasteiger charge is 2.14. The normalized spacial score (nSPS) is 10.2. The molecule has 0 aliphatic rings. The quantitative estimate of drug-likeness (QED) is 0.866. The Bertz CT molecular complexity index is 701. The summed E-state index contributed by atoms with van der Waals surface area (Å²) >= 11 is 3.44. The number of nitrogens with one attached hydrogen (secondary N) is 1. The van der Waals surface area contributed by atoms with Crippen LogP contribution in [-0.2, 0) is 16.1 Å². The summed E-state index contributed by atoms with van der Waals surface area (Å²) in [7, 11) is 0. The summed E-state index contributed by atoms with van der Waals surface area (Å²) in [6.07, 6.45) is 0. The van der Waals surface area contributed by atoms with Crippen LogP contribution in [0.25, 0.3) is 0 Å². The fourth-order valence-corrected chi connectivity index (χ4v) is 2.51. The van der Waals surface area contributed by atoms with Crippen molar-refractivity contribution in [1.82, 2.24) is 4.90 Å². The van der Waals surface area contributed by atoms with Gasteiger partial charge in [0.25, 0.3) is 0 Å². The van der Waals surface area contributed by atoms with Gasteiger partial charge in [-0.05, 0) is 30.2 Å². The number of halogens is 1. The van der Waals surface area contributed by atoms with Gasteiger partial charge in [-0.25, -0.2) is 0 Å². The summed E-state index contributed by atoms with van der Waals surface area (Å²) in [5.41, 5.74) is 2.79. The zero-order chi connectivity index (χ0) is 16.8. The Hall–Kier alpha value is -2.14. The smallest absolute Gasteiger partial charge is 0.244 e. The Morgan fingerprint density at radius 3 is 2.43 bits per heavy atom. The third-order valence-corrected chi connectivity index (χ3v) is 4.31. The topological polar surface area (TPSA) is 49.4 Å². The number of hydrogen-bond donors (Lipinski definition) is 1. The minimum Gasteiger partial charge on any atom is -0.329 e. The highest BCUT2D eigenvalue weighted by atomic mass is 79.9. The van der Waals surface area contributed by atoms with Crippen LogP contribution in [0.5, 0.6) is 0 Å². The SMILES string of the molecule is CC(=O)N(CC(=O)Nc1ccc(C)c(Br)c1)Cc1ccccc1. The Morgan fingerprint density at radius 1 is 1.13 bits per heavy atom. The van der Waals surface area contributed by atoms with E-state index in [2.05, 4.69) is 21.2 Å². The molecule has 0 fully saturated rings. The molecule has 1 N–H and O–H groups in total. The molecule has 0 aliphatic heterocycles. The van der Waals surface area contributed by atoms with Gasteiger partial charge in [0.05, 0.1) is 0 Å². The molecule has 2 aromatic rings. The van der Waals surface area contributed by atoms with E-state index in [1.54, 1.807) is 0 Å². The van der Waals surface area contributed by atoms with E-state index >= 15 is 0 Å². The Kier molecular flexibility index (Phi) is 5.93. The minimum absolute atomic E-state index is 0.0235. The molecule has 2 aromatic carbocycles. The van der Waals surface area contributed by atoms with Crippen LogP contribution in [0.4, 0.5) is 5.69 Å². The summed E-state index contributed by atoms with van der Waals surface area (Å²) in [5.74, 6) is -0.346. The van der Waals surface area contributed by atoms with Gasteiger partial charge in [0, 0.05) is 23.6 Å². The largest absolute Gasteiger partial charge is 0.329 e.